The van der Waals surface area contributed by atoms with Crippen molar-refractivity contribution in [1.29, 1.82) is 0 Å². The highest BCUT2D eigenvalue weighted by Crippen LogP contribution is 2.18. The zero-order chi connectivity index (χ0) is 18.9. The topological polar surface area (TPSA) is 56.1 Å². The molecule has 0 atom stereocenters. The van der Waals surface area contributed by atoms with E-state index in [-0.39, 0.29) is 5.91 Å². The van der Waals surface area contributed by atoms with Crippen LogP contribution >= 0.6 is 11.6 Å². The molecule has 2 aromatic carbocycles. The van der Waals surface area contributed by atoms with Crippen molar-refractivity contribution >= 4 is 23.5 Å². The van der Waals surface area contributed by atoms with Gasteiger partial charge in [-0.25, -0.2) is 4.98 Å². The molecule has 0 radical (unpaired) electrons. The number of imidazole rings is 1. The Morgan fingerprint density at radius 2 is 1.89 bits per heavy atom. The summed E-state index contributed by atoms with van der Waals surface area (Å²) in [5.41, 5.74) is 2.10. The van der Waals surface area contributed by atoms with Gasteiger partial charge >= 0.3 is 0 Å². The molecule has 0 bridgehead atoms. The van der Waals surface area contributed by atoms with Crippen LogP contribution in [-0.2, 0) is 22.7 Å². The lowest BCUT2D eigenvalue weighted by molar-refractivity contribution is -0.116. The van der Waals surface area contributed by atoms with E-state index in [0.29, 0.717) is 43.6 Å². The van der Waals surface area contributed by atoms with Gasteiger partial charge in [0.1, 0.15) is 0 Å². The van der Waals surface area contributed by atoms with Crippen LogP contribution in [-0.4, -0.2) is 22.1 Å². The number of ether oxygens (including phenoxy) is 1. The number of hydrogen-bond acceptors (Lipinski definition) is 3. The molecule has 1 amide bonds. The van der Waals surface area contributed by atoms with Crippen molar-refractivity contribution in [2.45, 2.75) is 26.0 Å². The minimum Gasteiger partial charge on any atom is -0.377 e. The molecule has 5 nitrogen and oxygen atoms in total. The summed E-state index contributed by atoms with van der Waals surface area (Å²) < 4.78 is 7.47. The maximum absolute atomic E-state index is 12.2. The predicted octanol–water partition coefficient (Wildman–Crippen LogP) is 4.52. The summed E-state index contributed by atoms with van der Waals surface area (Å²) in [4.78, 5) is 16.4. The minimum absolute atomic E-state index is 0.0788. The van der Waals surface area contributed by atoms with Crippen molar-refractivity contribution in [2.24, 2.45) is 0 Å². The van der Waals surface area contributed by atoms with Crippen LogP contribution in [0.2, 0.25) is 5.02 Å². The average molecular weight is 384 g/mol. The highest BCUT2D eigenvalue weighted by Gasteiger charge is 2.09. The van der Waals surface area contributed by atoms with E-state index in [9.17, 15) is 4.79 Å². The highest BCUT2D eigenvalue weighted by molar-refractivity contribution is 6.31. The van der Waals surface area contributed by atoms with E-state index >= 15 is 0 Å². The summed E-state index contributed by atoms with van der Waals surface area (Å²) in [5.74, 6) is 0.440. The first-order chi connectivity index (χ1) is 13.2. The molecule has 0 aliphatic carbocycles. The van der Waals surface area contributed by atoms with Gasteiger partial charge in [-0.05, 0) is 23.6 Å². The molecule has 0 aliphatic rings. The third kappa shape index (κ3) is 5.94. The van der Waals surface area contributed by atoms with Crippen molar-refractivity contribution in [3.63, 3.8) is 0 Å². The van der Waals surface area contributed by atoms with Gasteiger partial charge in [0, 0.05) is 30.4 Å². The van der Waals surface area contributed by atoms with E-state index < -0.39 is 0 Å². The molecule has 1 N–H and O–H groups in total. The van der Waals surface area contributed by atoms with Crippen molar-refractivity contribution in [3.05, 3.63) is 83.1 Å². The molecule has 0 unspecified atom stereocenters. The number of amides is 1. The molecule has 0 saturated carbocycles. The number of benzene rings is 2. The zero-order valence-corrected chi connectivity index (χ0v) is 15.7. The molecular weight excluding hydrogens is 362 g/mol. The Balaban J connectivity index is 1.42. The van der Waals surface area contributed by atoms with E-state index in [4.69, 9.17) is 16.3 Å². The van der Waals surface area contributed by atoms with Crippen molar-refractivity contribution in [1.82, 2.24) is 9.55 Å². The molecule has 1 heterocycles. The summed E-state index contributed by atoms with van der Waals surface area (Å²) in [6.45, 7) is 1.65. The molecule has 140 valence electrons. The number of hydrogen-bond donors (Lipinski definition) is 1. The van der Waals surface area contributed by atoms with Crippen molar-refractivity contribution in [2.75, 3.05) is 11.9 Å². The van der Waals surface area contributed by atoms with E-state index in [1.807, 2.05) is 65.4 Å². The monoisotopic (exact) mass is 383 g/mol. The van der Waals surface area contributed by atoms with E-state index in [1.54, 1.807) is 6.20 Å². The highest BCUT2D eigenvalue weighted by atomic mass is 35.5. The number of nitrogens with zero attached hydrogens (tertiary/aromatic N) is 2. The summed E-state index contributed by atoms with van der Waals surface area (Å²) in [6, 6.07) is 17.6. The third-order valence-corrected chi connectivity index (χ3v) is 4.44. The molecule has 27 heavy (non-hydrogen) atoms. The molecule has 0 fully saturated rings. The van der Waals surface area contributed by atoms with Crippen LogP contribution in [0.1, 0.15) is 24.0 Å². The molecule has 3 rings (SSSR count). The van der Waals surface area contributed by atoms with E-state index in [2.05, 4.69) is 10.3 Å². The lowest BCUT2D eigenvalue weighted by atomic mass is 10.2. The fourth-order valence-electron chi connectivity index (χ4n) is 2.66. The lowest BCUT2D eigenvalue weighted by Gasteiger charge is -2.10. The third-order valence-electron chi connectivity index (χ3n) is 4.07. The average Bonchev–Trinajstić information content (AvgIpc) is 3.11. The molecule has 1 aromatic heterocycles. The van der Waals surface area contributed by atoms with Crippen LogP contribution in [0.4, 0.5) is 5.95 Å². The summed E-state index contributed by atoms with van der Waals surface area (Å²) in [5, 5.41) is 3.55. The number of halogens is 1. The largest absolute Gasteiger partial charge is 0.377 e. The number of nitrogens with one attached hydrogen (secondary N) is 1. The molecule has 3 aromatic rings. The lowest BCUT2D eigenvalue weighted by Crippen LogP contribution is -2.16. The molecule has 0 saturated heterocycles. The Labute approximate surface area is 164 Å². The fraction of sp³-hybridized carbons (Fsp3) is 0.238. The SMILES string of the molecule is O=C(CCCOCc1ccccc1)Nc1nccn1Cc1ccccc1Cl. The first-order valence-corrected chi connectivity index (χ1v) is 9.26. The summed E-state index contributed by atoms with van der Waals surface area (Å²) in [7, 11) is 0. The van der Waals surface area contributed by atoms with Crippen molar-refractivity contribution < 1.29 is 9.53 Å². The first kappa shape index (κ1) is 19.1. The van der Waals surface area contributed by atoms with Gasteiger partial charge in [-0.2, -0.15) is 0 Å². The van der Waals surface area contributed by atoms with Crippen LogP contribution in [0.5, 0.6) is 0 Å². The van der Waals surface area contributed by atoms with Crippen LogP contribution in [0, 0.1) is 0 Å². The van der Waals surface area contributed by atoms with Crippen LogP contribution in [0.15, 0.2) is 67.0 Å². The maximum Gasteiger partial charge on any atom is 0.226 e. The molecule has 0 aliphatic heterocycles. The Morgan fingerprint density at radius 1 is 1.11 bits per heavy atom. The van der Waals surface area contributed by atoms with Gasteiger partial charge in [0.25, 0.3) is 0 Å². The molecule has 0 spiro atoms. The Bertz CT molecular complexity index is 865. The zero-order valence-electron chi connectivity index (χ0n) is 15.0. The Morgan fingerprint density at radius 3 is 2.70 bits per heavy atom. The summed E-state index contributed by atoms with van der Waals surface area (Å²) >= 11 is 6.21. The van der Waals surface area contributed by atoms with Crippen LogP contribution in [0.3, 0.4) is 0 Å². The number of anilines is 1. The number of carbonyl (C=O) groups excluding carboxylic acids is 1. The second kappa shape index (κ2) is 9.90. The van der Waals surface area contributed by atoms with Crippen LogP contribution in [0.25, 0.3) is 0 Å². The van der Waals surface area contributed by atoms with Gasteiger partial charge < -0.3 is 9.30 Å². The number of carbonyl (C=O) groups is 1. The predicted molar refractivity (Wildman–Crippen MR) is 107 cm³/mol. The molecule has 6 heteroatoms. The second-order valence-electron chi connectivity index (χ2n) is 6.16. The Hall–Kier alpha value is -2.63. The maximum atomic E-state index is 12.2. The smallest absolute Gasteiger partial charge is 0.226 e. The normalized spacial score (nSPS) is 10.7. The van der Waals surface area contributed by atoms with Crippen LogP contribution < -0.4 is 5.32 Å². The standard InChI is InChI=1S/C21H22ClN3O2/c22-19-10-5-4-9-18(19)15-25-13-12-23-21(25)24-20(26)11-6-14-27-16-17-7-2-1-3-8-17/h1-5,7-10,12-13H,6,11,14-16H2,(H,23,24,26). The summed E-state index contributed by atoms with van der Waals surface area (Å²) in [6.07, 6.45) is 4.52. The van der Waals surface area contributed by atoms with Gasteiger partial charge in [0.05, 0.1) is 13.2 Å². The first-order valence-electron chi connectivity index (χ1n) is 8.88. The van der Waals surface area contributed by atoms with Gasteiger partial charge in [-0.1, -0.05) is 60.1 Å². The number of aromatic nitrogens is 2. The Kier molecular flexibility index (Phi) is 7.02. The minimum atomic E-state index is -0.0788. The van der Waals surface area contributed by atoms with E-state index in [0.717, 1.165) is 11.1 Å². The quantitative estimate of drug-likeness (QED) is 0.553. The second-order valence-corrected chi connectivity index (χ2v) is 6.57. The van der Waals surface area contributed by atoms with E-state index in [1.165, 1.54) is 0 Å². The van der Waals surface area contributed by atoms with Gasteiger partial charge in [0.15, 0.2) is 0 Å². The molecular formula is C21H22ClN3O2. The van der Waals surface area contributed by atoms with Crippen molar-refractivity contribution in [3.8, 4) is 0 Å². The fourth-order valence-corrected chi connectivity index (χ4v) is 2.85. The van der Waals surface area contributed by atoms with Gasteiger partial charge in [-0.15, -0.1) is 0 Å². The van der Waals surface area contributed by atoms with Gasteiger partial charge in [0.2, 0.25) is 11.9 Å². The number of rotatable bonds is 9. The van der Waals surface area contributed by atoms with Gasteiger partial charge in [-0.3, -0.25) is 10.1 Å².